The molecule has 1 aromatic rings. The number of amides is 2. The Morgan fingerprint density at radius 1 is 1.30 bits per heavy atom. The van der Waals surface area contributed by atoms with Crippen LogP contribution in [-0.4, -0.2) is 48.6 Å². The molecule has 0 aliphatic carbocycles. The van der Waals surface area contributed by atoms with E-state index in [0.717, 1.165) is 32.3 Å². The smallest absolute Gasteiger partial charge is 0.315 e. The van der Waals surface area contributed by atoms with E-state index in [0.29, 0.717) is 31.5 Å². The molecule has 0 radical (unpaired) electrons. The molecule has 2 saturated heterocycles. The van der Waals surface area contributed by atoms with Crippen LogP contribution in [-0.2, 0) is 9.47 Å². The number of hydrogen-bond donors (Lipinski definition) is 2. The van der Waals surface area contributed by atoms with E-state index in [9.17, 15) is 4.79 Å². The van der Waals surface area contributed by atoms with Crippen LogP contribution in [0.3, 0.4) is 0 Å². The zero-order chi connectivity index (χ0) is 16.1. The number of aromatic nitrogens is 2. The summed E-state index contributed by atoms with van der Waals surface area (Å²) in [5, 5.41) is 9.70. The number of rotatable bonds is 5. The van der Waals surface area contributed by atoms with Crippen LogP contribution in [0.1, 0.15) is 43.4 Å². The molecule has 0 aromatic carbocycles. The van der Waals surface area contributed by atoms with Crippen LogP contribution in [0.2, 0.25) is 0 Å². The van der Waals surface area contributed by atoms with Crippen molar-refractivity contribution < 1.29 is 18.8 Å². The number of aryl methyl sites for hydroxylation is 1. The Kier molecular flexibility index (Phi) is 5.45. The maximum Gasteiger partial charge on any atom is 0.315 e. The molecule has 0 saturated carbocycles. The van der Waals surface area contributed by atoms with E-state index in [1.54, 1.807) is 6.92 Å². The second-order valence-corrected chi connectivity index (χ2v) is 6.10. The largest absolute Gasteiger partial charge is 0.381 e. The normalized spacial score (nSPS) is 23.6. The summed E-state index contributed by atoms with van der Waals surface area (Å²) in [5.41, 5.74) is 0. The molecule has 23 heavy (non-hydrogen) atoms. The Bertz CT molecular complexity index is 509. The fourth-order valence-corrected chi connectivity index (χ4v) is 3.07. The predicted molar refractivity (Wildman–Crippen MR) is 80.8 cm³/mol. The fraction of sp³-hybridized carbons (Fsp3) is 0.800. The summed E-state index contributed by atoms with van der Waals surface area (Å²) in [4.78, 5) is 16.5. The SMILES string of the molecule is Cc1noc([C@H](NC(=O)NC[C@@H]2CCCO2)C2CCOCC2)n1. The van der Waals surface area contributed by atoms with E-state index in [4.69, 9.17) is 14.0 Å². The van der Waals surface area contributed by atoms with Gasteiger partial charge in [0.1, 0.15) is 6.04 Å². The molecule has 0 unspecified atom stereocenters. The average molecular weight is 324 g/mol. The first-order valence-corrected chi connectivity index (χ1v) is 8.26. The number of nitrogens with one attached hydrogen (secondary N) is 2. The molecule has 2 aliphatic rings. The van der Waals surface area contributed by atoms with Gasteiger partial charge in [-0.25, -0.2) is 4.79 Å². The van der Waals surface area contributed by atoms with Gasteiger partial charge in [0.25, 0.3) is 0 Å². The monoisotopic (exact) mass is 324 g/mol. The summed E-state index contributed by atoms with van der Waals surface area (Å²) in [7, 11) is 0. The highest BCUT2D eigenvalue weighted by Gasteiger charge is 2.31. The standard InChI is InChI=1S/C15H24N4O4/c1-10-17-14(23-19-10)13(11-4-7-21-8-5-11)18-15(20)16-9-12-3-2-6-22-12/h11-13H,2-9H2,1H3,(H2,16,18,20)/t12-,13+/m0/s1. The maximum absolute atomic E-state index is 12.2. The zero-order valence-electron chi connectivity index (χ0n) is 13.4. The number of carbonyl (C=O) groups excluding carboxylic acids is 1. The van der Waals surface area contributed by atoms with Crippen LogP contribution >= 0.6 is 0 Å². The summed E-state index contributed by atoms with van der Waals surface area (Å²) >= 11 is 0. The Morgan fingerprint density at radius 2 is 2.13 bits per heavy atom. The lowest BCUT2D eigenvalue weighted by atomic mass is 9.91. The predicted octanol–water partition coefficient (Wildman–Crippen LogP) is 1.32. The van der Waals surface area contributed by atoms with Crippen molar-refractivity contribution in [2.45, 2.75) is 44.8 Å². The number of carbonyl (C=O) groups is 1. The minimum absolute atomic E-state index is 0.118. The van der Waals surface area contributed by atoms with Gasteiger partial charge in [-0.3, -0.25) is 0 Å². The van der Waals surface area contributed by atoms with Gasteiger partial charge in [-0.1, -0.05) is 5.16 Å². The lowest BCUT2D eigenvalue weighted by molar-refractivity contribution is 0.0501. The number of urea groups is 1. The van der Waals surface area contributed by atoms with E-state index < -0.39 is 0 Å². The second-order valence-electron chi connectivity index (χ2n) is 6.10. The molecule has 0 spiro atoms. The average Bonchev–Trinajstić information content (AvgIpc) is 3.23. The van der Waals surface area contributed by atoms with Gasteiger partial charge >= 0.3 is 6.03 Å². The van der Waals surface area contributed by atoms with Gasteiger partial charge in [-0.05, 0) is 38.5 Å². The van der Waals surface area contributed by atoms with Gasteiger partial charge in [0, 0.05) is 26.4 Å². The topological polar surface area (TPSA) is 98.5 Å². The molecular formula is C15H24N4O4. The molecule has 1 aromatic heterocycles. The van der Waals surface area contributed by atoms with Crippen molar-refractivity contribution in [3.8, 4) is 0 Å². The first-order chi connectivity index (χ1) is 11.2. The Hall–Kier alpha value is -1.67. The summed E-state index contributed by atoms with van der Waals surface area (Å²) in [5.74, 6) is 1.26. The van der Waals surface area contributed by atoms with E-state index in [2.05, 4.69) is 20.8 Å². The van der Waals surface area contributed by atoms with E-state index in [-0.39, 0.29) is 24.1 Å². The van der Waals surface area contributed by atoms with Gasteiger partial charge in [-0.15, -0.1) is 0 Å². The highest BCUT2D eigenvalue weighted by Crippen LogP contribution is 2.29. The first kappa shape index (κ1) is 16.2. The lowest BCUT2D eigenvalue weighted by Crippen LogP contribution is -2.44. The number of nitrogens with zero attached hydrogens (tertiary/aromatic N) is 2. The van der Waals surface area contributed by atoms with Gasteiger partial charge in [-0.2, -0.15) is 4.98 Å². The summed E-state index contributed by atoms with van der Waals surface area (Å²) in [6.07, 6.45) is 3.88. The maximum atomic E-state index is 12.2. The van der Waals surface area contributed by atoms with Gasteiger partial charge < -0.3 is 24.6 Å². The third-order valence-corrected chi connectivity index (χ3v) is 4.35. The minimum atomic E-state index is -0.287. The molecule has 2 aliphatic heterocycles. The van der Waals surface area contributed by atoms with Gasteiger partial charge in [0.15, 0.2) is 5.82 Å². The third-order valence-electron chi connectivity index (χ3n) is 4.35. The highest BCUT2D eigenvalue weighted by atomic mass is 16.5. The van der Waals surface area contributed by atoms with Crippen molar-refractivity contribution in [1.29, 1.82) is 0 Å². The third kappa shape index (κ3) is 4.42. The van der Waals surface area contributed by atoms with Crippen LogP contribution in [0, 0.1) is 12.8 Å². The van der Waals surface area contributed by atoms with Crippen molar-refractivity contribution in [3.05, 3.63) is 11.7 Å². The van der Waals surface area contributed by atoms with Gasteiger partial charge in [0.05, 0.1) is 6.10 Å². The van der Waals surface area contributed by atoms with Crippen molar-refractivity contribution in [2.24, 2.45) is 5.92 Å². The fourth-order valence-electron chi connectivity index (χ4n) is 3.07. The van der Waals surface area contributed by atoms with Crippen LogP contribution in [0.15, 0.2) is 4.52 Å². The van der Waals surface area contributed by atoms with Crippen molar-refractivity contribution in [3.63, 3.8) is 0 Å². The zero-order valence-corrected chi connectivity index (χ0v) is 13.4. The Balaban J connectivity index is 1.59. The molecule has 3 heterocycles. The summed E-state index contributed by atoms with van der Waals surface area (Å²) in [6, 6.07) is -0.516. The molecule has 2 N–H and O–H groups in total. The quantitative estimate of drug-likeness (QED) is 0.848. The highest BCUT2D eigenvalue weighted by molar-refractivity contribution is 5.74. The molecule has 2 fully saturated rings. The number of hydrogen-bond acceptors (Lipinski definition) is 6. The van der Waals surface area contributed by atoms with Crippen molar-refractivity contribution in [1.82, 2.24) is 20.8 Å². The van der Waals surface area contributed by atoms with E-state index in [1.807, 2.05) is 0 Å². The van der Waals surface area contributed by atoms with Crippen molar-refractivity contribution in [2.75, 3.05) is 26.4 Å². The summed E-state index contributed by atoms with van der Waals surface area (Å²) in [6.45, 7) is 4.45. The number of ether oxygens (including phenoxy) is 2. The van der Waals surface area contributed by atoms with Crippen molar-refractivity contribution >= 4 is 6.03 Å². The lowest BCUT2D eigenvalue weighted by Gasteiger charge is -2.28. The first-order valence-electron chi connectivity index (χ1n) is 8.26. The van der Waals surface area contributed by atoms with Gasteiger partial charge in [0.2, 0.25) is 5.89 Å². The van der Waals surface area contributed by atoms with E-state index in [1.165, 1.54) is 0 Å². The van der Waals surface area contributed by atoms with Crippen LogP contribution in [0.25, 0.3) is 0 Å². The van der Waals surface area contributed by atoms with E-state index >= 15 is 0 Å². The molecule has 2 atom stereocenters. The van der Waals surface area contributed by atoms with Crippen LogP contribution in [0.4, 0.5) is 4.79 Å². The second kappa shape index (κ2) is 7.74. The molecule has 128 valence electrons. The van der Waals surface area contributed by atoms with Crippen LogP contribution in [0.5, 0.6) is 0 Å². The Morgan fingerprint density at radius 3 is 2.78 bits per heavy atom. The molecule has 0 bridgehead atoms. The molecule has 3 rings (SSSR count). The molecule has 8 heteroatoms. The molecule has 2 amide bonds. The molecule has 8 nitrogen and oxygen atoms in total. The Labute approximate surface area is 135 Å². The minimum Gasteiger partial charge on any atom is -0.381 e. The van der Waals surface area contributed by atoms with Crippen LogP contribution < -0.4 is 10.6 Å². The summed E-state index contributed by atoms with van der Waals surface area (Å²) < 4.78 is 16.2. The molecular weight excluding hydrogens is 300 g/mol.